The summed E-state index contributed by atoms with van der Waals surface area (Å²) >= 11 is 3.43. The molecule has 0 atom stereocenters. The number of hydrogen-bond donors (Lipinski definition) is 1. The first-order valence-electron chi connectivity index (χ1n) is 4.10. The zero-order valence-electron chi connectivity index (χ0n) is 7.62. The number of aromatic nitrogens is 1. The second kappa shape index (κ2) is 3.46. The van der Waals surface area contributed by atoms with E-state index < -0.39 is 0 Å². The van der Waals surface area contributed by atoms with Crippen LogP contribution in [0.25, 0.3) is 10.9 Å². The number of pyridine rings is 1. The van der Waals surface area contributed by atoms with Gasteiger partial charge in [-0.3, -0.25) is 0 Å². The molecule has 0 bridgehead atoms. The molecule has 1 heterocycles. The van der Waals surface area contributed by atoms with Gasteiger partial charge in [-0.1, -0.05) is 15.9 Å². The van der Waals surface area contributed by atoms with Gasteiger partial charge >= 0.3 is 0 Å². The Bertz CT molecular complexity index is 485. The summed E-state index contributed by atoms with van der Waals surface area (Å²) in [6.45, 7) is 0. The summed E-state index contributed by atoms with van der Waals surface area (Å²) < 4.78 is 5.98. The van der Waals surface area contributed by atoms with Gasteiger partial charge < -0.3 is 10.5 Å². The molecule has 0 spiro atoms. The normalized spacial score (nSPS) is 10.4. The van der Waals surface area contributed by atoms with E-state index in [1.165, 1.54) is 0 Å². The van der Waals surface area contributed by atoms with Crippen LogP contribution in [0.2, 0.25) is 0 Å². The lowest BCUT2D eigenvalue weighted by atomic mass is 10.2. The minimum Gasteiger partial charge on any atom is -0.481 e. The molecule has 2 rings (SSSR count). The fraction of sp³-hybridized carbons (Fsp3) is 0.100. The molecule has 0 aliphatic heterocycles. The van der Waals surface area contributed by atoms with E-state index in [0.717, 1.165) is 15.4 Å². The lowest BCUT2D eigenvalue weighted by Gasteiger charge is -2.04. The summed E-state index contributed by atoms with van der Waals surface area (Å²) in [5.74, 6) is 0.593. The number of hydrogen-bond acceptors (Lipinski definition) is 3. The molecule has 4 heteroatoms. The predicted molar refractivity (Wildman–Crippen MR) is 60.4 cm³/mol. The summed E-state index contributed by atoms with van der Waals surface area (Å²) in [5, 5.41) is 1.03. The molecule has 1 aromatic heterocycles. The van der Waals surface area contributed by atoms with Crippen molar-refractivity contribution in [1.29, 1.82) is 0 Å². The van der Waals surface area contributed by atoms with Gasteiger partial charge in [-0.2, -0.15) is 0 Å². The summed E-state index contributed by atoms with van der Waals surface area (Å²) in [7, 11) is 1.59. The lowest BCUT2D eigenvalue weighted by Crippen LogP contribution is -1.90. The maximum atomic E-state index is 5.71. The van der Waals surface area contributed by atoms with Crippen LogP contribution in [-0.2, 0) is 0 Å². The second-order valence-electron chi connectivity index (χ2n) is 2.92. The largest absolute Gasteiger partial charge is 0.481 e. The van der Waals surface area contributed by atoms with Crippen LogP contribution >= 0.6 is 15.9 Å². The van der Waals surface area contributed by atoms with Crippen LogP contribution in [0.1, 0.15) is 0 Å². The molecular formula is C10H9BrN2O. The van der Waals surface area contributed by atoms with Gasteiger partial charge in [0.25, 0.3) is 0 Å². The van der Waals surface area contributed by atoms with Crippen LogP contribution in [0.15, 0.2) is 28.7 Å². The molecule has 0 aliphatic carbocycles. The molecule has 1 aromatic carbocycles. The third kappa shape index (κ3) is 1.53. The van der Waals surface area contributed by atoms with Crippen molar-refractivity contribution >= 4 is 32.5 Å². The number of benzene rings is 1. The van der Waals surface area contributed by atoms with Gasteiger partial charge in [-0.25, -0.2) is 4.98 Å². The molecule has 0 saturated heterocycles. The van der Waals surface area contributed by atoms with Crippen molar-refractivity contribution in [2.24, 2.45) is 0 Å². The number of fused-ring (bicyclic) bond motifs is 1. The lowest BCUT2D eigenvalue weighted by molar-refractivity contribution is 0.399. The Hall–Kier alpha value is -1.29. The number of anilines is 1. The molecule has 0 amide bonds. The third-order valence-corrected chi connectivity index (χ3v) is 2.62. The highest BCUT2D eigenvalue weighted by molar-refractivity contribution is 9.10. The van der Waals surface area contributed by atoms with Crippen molar-refractivity contribution in [3.63, 3.8) is 0 Å². The fourth-order valence-corrected chi connectivity index (χ4v) is 1.91. The van der Waals surface area contributed by atoms with Crippen LogP contribution in [0.5, 0.6) is 5.88 Å². The Morgan fingerprint density at radius 1 is 1.36 bits per heavy atom. The number of ether oxygens (including phenoxy) is 1. The van der Waals surface area contributed by atoms with Crippen LogP contribution in [0.3, 0.4) is 0 Å². The van der Waals surface area contributed by atoms with E-state index in [1.807, 2.05) is 24.3 Å². The number of nitrogen functional groups attached to an aromatic ring is 1. The van der Waals surface area contributed by atoms with Crippen molar-refractivity contribution in [2.75, 3.05) is 12.8 Å². The summed E-state index contributed by atoms with van der Waals surface area (Å²) in [5.41, 5.74) is 7.22. The van der Waals surface area contributed by atoms with E-state index in [-0.39, 0.29) is 0 Å². The summed E-state index contributed by atoms with van der Waals surface area (Å²) in [6, 6.07) is 7.45. The minimum absolute atomic E-state index is 0.593. The Balaban J connectivity index is 2.75. The minimum atomic E-state index is 0.593. The van der Waals surface area contributed by atoms with Crippen LogP contribution in [-0.4, -0.2) is 12.1 Å². The molecule has 2 N–H and O–H groups in total. The van der Waals surface area contributed by atoms with Crippen molar-refractivity contribution in [3.8, 4) is 5.88 Å². The Morgan fingerprint density at radius 3 is 2.86 bits per heavy atom. The molecule has 14 heavy (non-hydrogen) atoms. The van der Waals surface area contributed by atoms with Crippen molar-refractivity contribution in [2.45, 2.75) is 0 Å². The first-order valence-corrected chi connectivity index (χ1v) is 4.90. The van der Waals surface area contributed by atoms with Crippen LogP contribution < -0.4 is 10.5 Å². The molecule has 3 nitrogen and oxygen atoms in total. The highest BCUT2D eigenvalue weighted by Gasteiger charge is 2.02. The molecule has 0 radical (unpaired) electrons. The average molecular weight is 253 g/mol. The van der Waals surface area contributed by atoms with Gasteiger partial charge in [0.15, 0.2) is 0 Å². The second-order valence-corrected chi connectivity index (χ2v) is 3.78. The van der Waals surface area contributed by atoms with E-state index in [1.54, 1.807) is 7.11 Å². The zero-order valence-corrected chi connectivity index (χ0v) is 9.21. The molecule has 0 unspecified atom stereocenters. The van der Waals surface area contributed by atoms with Gasteiger partial charge in [-0.15, -0.1) is 0 Å². The van der Waals surface area contributed by atoms with Crippen LogP contribution in [0.4, 0.5) is 5.69 Å². The molecule has 2 aromatic rings. The SMILES string of the molecule is COc1ccc2c(Br)cc(N)cc2n1. The average Bonchev–Trinajstić information content (AvgIpc) is 2.16. The summed E-state index contributed by atoms with van der Waals surface area (Å²) in [6.07, 6.45) is 0. The van der Waals surface area contributed by atoms with Crippen molar-refractivity contribution in [3.05, 3.63) is 28.7 Å². The third-order valence-electron chi connectivity index (χ3n) is 1.96. The topological polar surface area (TPSA) is 48.1 Å². The van der Waals surface area contributed by atoms with Crippen molar-refractivity contribution in [1.82, 2.24) is 4.98 Å². The highest BCUT2D eigenvalue weighted by atomic mass is 79.9. The number of halogens is 1. The van der Waals surface area contributed by atoms with E-state index in [9.17, 15) is 0 Å². The van der Waals surface area contributed by atoms with Crippen LogP contribution in [0, 0.1) is 0 Å². The molecular weight excluding hydrogens is 244 g/mol. The molecule has 72 valence electrons. The smallest absolute Gasteiger partial charge is 0.213 e. The van der Waals surface area contributed by atoms with Gasteiger partial charge in [0.2, 0.25) is 5.88 Å². The first kappa shape index (κ1) is 9.27. The Kier molecular flexibility index (Phi) is 2.29. The van der Waals surface area contributed by atoms with E-state index in [2.05, 4.69) is 20.9 Å². The Labute approximate surface area is 90.0 Å². The van der Waals surface area contributed by atoms with E-state index in [0.29, 0.717) is 11.6 Å². The van der Waals surface area contributed by atoms with E-state index >= 15 is 0 Å². The number of nitrogens with two attached hydrogens (primary N) is 1. The first-order chi connectivity index (χ1) is 6.70. The van der Waals surface area contributed by atoms with Gasteiger partial charge in [0, 0.05) is 21.6 Å². The zero-order chi connectivity index (χ0) is 10.1. The van der Waals surface area contributed by atoms with Gasteiger partial charge in [0.05, 0.1) is 12.6 Å². The number of rotatable bonds is 1. The highest BCUT2D eigenvalue weighted by Crippen LogP contribution is 2.27. The quantitative estimate of drug-likeness (QED) is 0.794. The maximum absolute atomic E-state index is 5.71. The standard InChI is InChI=1S/C10H9BrN2O/c1-14-10-3-2-7-8(11)4-6(12)5-9(7)13-10/h2-5H,12H2,1H3. The molecule has 0 saturated carbocycles. The number of nitrogens with zero attached hydrogens (tertiary/aromatic N) is 1. The predicted octanol–water partition coefficient (Wildman–Crippen LogP) is 2.59. The molecule has 0 aliphatic rings. The van der Waals surface area contributed by atoms with E-state index in [4.69, 9.17) is 10.5 Å². The monoisotopic (exact) mass is 252 g/mol. The van der Waals surface area contributed by atoms with Crippen molar-refractivity contribution < 1.29 is 4.74 Å². The Morgan fingerprint density at radius 2 is 2.14 bits per heavy atom. The van der Waals surface area contributed by atoms with Gasteiger partial charge in [0.1, 0.15) is 0 Å². The summed E-state index contributed by atoms with van der Waals surface area (Å²) in [4.78, 5) is 4.28. The maximum Gasteiger partial charge on any atom is 0.213 e. The number of methoxy groups -OCH3 is 1. The van der Waals surface area contributed by atoms with Gasteiger partial charge in [-0.05, 0) is 18.2 Å². The fourth-order valence-electron chi connectivity index (χ4n) is 1.31. The molecule has 0 fully saturated rings.